The number of piperazine rings is 1. The lowest BCUT2D eigenvalue weighted by Crippen LogP contribution is -2.47. The van der Waals surface area contributed by atoms with Gasteiger partial charge in [0.15, 0.2) is 5.82 Å². The number of rotatable bonds is 4. The summed E-state index contributed by atoms with van der Waals surface area (Å²) in [4.78, 5) is 16.7. The maximum atomic E-state index is 12.3. The van der Waals surface area contributed by atoms with Crippen LogP contribution in [-0.4, -0.2) is 80.7 Å². The van der Waals surface area contributed by atoms with Gasteiger partial charge in [0, 0.05) is 44.2 Å². The molecule has 0 unspecified atom stereocenters. The van der Waals surface area contributed by atoms with Crippen LogP contribution in [-0.2, 0) is 11.8 Å². The number of nitrogens with one attached hydrogen (secondary N) is 1. The van der Waals surface area contributed by atoms with E-state index in [-0.39, 0.29) is 5.91 Å². The minimum atomic E-state index is -0.0710. The summed E-state index contributed by atoms with van der Waals surface area (Å²) in [7, 11) is 3.92. The predicted molar refractivity (Wildman–Crippen MR) is 102 cm³/mol. The van der Waals surface area contributed by atoms with Crippen molar-refractivity contribution in [3.8, 4) is 11.3 Å². The van der Waals surface area contributed by atoms with E-state index in [1.54, 1.807) is 4.68 Å². The van der Waals surface area contributed by atoms with Gasteiger partial charge in [-0.15, -0.1) is 15.3 Å². The molecule has 0 saturated carbocycles. The number of nitrogens with zero attached hydrogens (tertiary/aromatic N) is 7. The van der Waals surface area contributed by atoms with E-state index in [9.17, 15) is 4.79 Å². The summed E-state index contributed by atoms with van der Waals surface area (Å²) in [6.45, 7) is 4.12. The Hall–Kier alpha value is -2.91. The molecule has 9 heteroatoms. The SMILES string of the molecule is CN1CCN(CC(=O)Nc2cc3cc(-c4cn(C)nn4)ccc3nn2)CC1. The number of benzene rings is 1. The fourth-order valence-electron chi connectivity index (χ4n) is 3.14. The summed E-state index contributed by atoms with van der Waals surface area (Å²) in [6.07, 6.45) is 1.86. The van der Waals surface area contributed by atoms with Crippen molar-refractivity contribution in [3.63, 3.8) is 0 Å². The molecule has 3 heterocycles. The third-order valence-corrected chi connectivity index (χ3v) is 4.71. The van der Waals surface area contributed by atoms with Crippen molar-refractivity contribution in [2.45, 2.75) is 0 Å². The van der Waals surface area contributed by atoms with Crippen LogP contribution in [0.2, 0.25) is 0 Å². The second kappa shape index (κ2) is 7.37. The third kappa shape index (κ3) is 4.09. The second-order valence-corrected chi connectivity index (χ2v) is 6.91. The van der Waals surface area contributed by atoms with Crippen molar-refractivity contribution in [1.82, 2.24) is 35.0 Å². The highest BCUT2D eigenvalue weighted by molar-refractivity contribution is 5.93. The Morgan fingerprint density at radius 1 is 1.07 bits per heavy atom. The molecule has 27 heavy (non-hydrogen) atoms. The Balaban J connectivity index is 1.48. The lowest BCUT2D eigenvalue weighted by molar-refractivity contribution is -0.117. The van der Waals surface area contributed by atoms with Crippen LogP contribution in [0, 0.1) is 0 Å². The quantitative estimate of drug-likeness (QED) is 0.723. The van der Waals surface area contributed by atoms with Crippen molar-refractivity contribution < 1.29 is 4.79 Å². The lowest BCUT2D eigenvalue weighted by atomic mass is 10.1. The lowest BCUT2D eigenvalue weighted by Gasteiger charge is -2.31. The highest BCUT2D eigenvalue weighted by Gasteiger charge is 2.17. The molecule has 0 radical (unpaired) electrons. The number of aromatic nitrogens is 5. The first-order chi connectivity index (χ1) is 13.1. The number of fused-ring (bicyclic) bond motifs is 1. The van der Waals surface area contributed by atoms with Gasteiger partial charge >= 0.3 is 0 Å². The smallest absolute Gasteiger partial charge is 0.239 e. The number of likely N-dealkylation sites (N-methyl/N-ethyl adjacent to an activating group) is 1. The Morgan fingerprint density at radius 2 is 1.89 bits per heavy atom. The topological polar surface area (TPSA) is 92.1 Å². The summed E-state index contributed by atoms with van der Waals surface area (Å²) < 4.78 is 1.66. The number of carbonyl (C=O) groups excluding carboxylic acids is 1. The van der Waals surface area contributed by atoms with Gasteiger partial charge in [-0.1, -0.05) is 11.3 Å². The number of carbonyl (C=O) groups is 1. The van der Waals surface area contributed by atoms with Gasteiger partial charge in [-0.2, -0.15) is 0 Å². The number of amides is 1. The van der Waals surface area contributed by atoms with Crippen molar-refractivity contribution in [2.24, 2.45) is 7.05 Å². The average molecular weight is 366 g/mol. The molecule has 140 valence electrons. The third-order valence-electron chi connectivity index (χ3n) is 4.71. The first-order valence-corrected chi connectivity index (χ1v) is 8.92. The van der Waals surface area contributed by atoms with E-state index in [0.717, 1.165) is 48.3 Å². The largest absolute Gasteiger partial charge is 0.308 e. The van der Waals surface area contributed by atoms with Gasteiger partial charge in [0.05, 0.1) is 18.3 Å². The molecule has 0 atom stereocenters. The normalized spacial score (nSPS) is 15.9. The molecule has 1 aliphatic rings. The molecule has 4 rings (SSSR count). The molecule has 2 aromatic heterocycles. The Morgan fingerprint density at radius 3 is 2.63 bits per heavy atom. The zero-order chi connectivity index (χ0) is 18.8. The maximum Gasteiger partial charge on any atom is 0.239 e. The van der Waals surface area contributed by atoms with E-state index in [1.807, 2.05) is 37.5 Å². The van der Waals surface area contributed by atoms with Crippen molar-refractivity contribution in [2.75, 3.05) is 45.1 Å². The van der Waals surface area contributed by atoms with Gasteiger partial charge in [0.25, 0.3) is 0 Å². The highest BCUT2D eigenvalue weighted by atomic mass is 16.2. The fraction of sp³-hybridized carbons (Fsp3) is 0.389. The Labute approximate surface area is 157 Å². The minimum absolute atomic E-state index is 0.0710. The molecule has 9 nitrogen and oxygen atoms in total. The van der Waals surface area contributed by atoms with Crippen LogP contribution in [0.5, 0.6) is 0 Å². The van der Waals surface area contributed by atoms with E-state index >= 15 is 0 Å². The number of hydrogen-bond acceptors (Lipinski definition) is 7. The summed E-state index contributed by atoms with van der Waals surface area (Å²) in [6, 6.07) is 7.64. The van der Waals surface area contributed by atoms with Crippen molar-refractivity contribution in [3.05, 3.63) is 30.5 Å². The van der Waals surface area contributed by atoms with Crippen LogP contribution >= 0.6 is 0 Å². The Kier molecular flexibility index (Phi) is 4.78. The van der Waals surface area contributed by atoms with Gasteiger partial charge in [-0.3, -0.25) is 14.4 Å². The van der Waals surface area contributed by atoms with Crippen molar-refractivity contribution >= 4 is 22.6 Å². The molecule has 0 aliphatic carbocycles. The van der Waals surface area contributed by atoms with E-state index in [4.69, 9.17) is 0 Å². The van der Waals surface area contributed by atoms with Gasteiger partial charge in [0.1, 0.15) is 5.69 Å². The number of anilines is 1. The highest BCUT2D eigenvalue weighted by Crippen LogP contribution is 2.22. The summed E-state index contributed by atoms with van der Waals surface area (Å²) in [5, 5.41) is 20.2. The predicted octanol–water partition coefficient (Wildman–Crippen LogP) is 0.611. The van der Waals surface area contributed by atoms with Gasteiger partial charge in [-0.25, -0.2) is 0 Å². The molecule has 1 fully saturated rings. The maximum absolute atomic E-state index is 12.3. The van der Waals surface area contributed by atoms with Gasteiger partial charge in [0.2, 0.25) is 5.91 Å². The molecule has 1 aliphatic heterocycles. The van der Waals surface area contributed by atoms with E-state index in [1.165, 1.54) is 0 Å². The molecule has 1 saturated heterocycles. The van der Waals surface area contributed by atoms with Crippen LogP contribution in [0.25, 0.3) is 22.2 Å². The van der Waals surface area contributed by atoms with Crippen LogP contribution in [0.15, 0.2) is 30.5 Å². The minimum Gasteiger partial charge on any atom is -0.308 e. The van der Waals surface area contributed by atoms with Gasteiger partial charge in [-0.05, 0) is 25.2 Å². The summed E-state index contributed by atoms with van der Waals surface area (Å²) in [5.41, 5.74) is 2.50. The average Bonchev–Trinajstić information content (AvgIpc) is 3.09. The van der Waals surface area contributed by atoms with E-state index < -0.39 is 0 Å². The zero-order valence-electron chi connectivity index (χ0n) is 15.5. The van der Waals surface area contributed by atoms with E-state index in [2.05, 4.69) is 42.7 Å². The first-order valence-electron chi connectivity index (χ1n) is 8.92. The van der Waals surface area contributed by atoms with Crippen LogP contribution in [0.4, 0.5) is 5.82 Å². The monoisotopic (exact) mass is 366 g/mol. The molecule has 3 aromatic rings. The molecular weight excluding hydrogens is 344 g/mol. The fourth-order valence-corrected chi connectivity index (χ4v) is 3.14. The summed E-state index contributed by atoms with van der Waals surface area (Å²) in [5.74, 6) is 0.385. The molecule has 1 N–H and O–H groups in total. The van der Waals surface area contributed by atoms with Crippen LogP contribution in [0.3, 0.4) is 0 Å². The van der Waals surface area contributed by atoms with Crippen LogP contribution in [0.1, 0.15) is 0 Å². The molecule has 1 aromatic carbocycles. The molecule has 0 bridgehead atoms. The zero-order valence-corrected chi connectivity index (χ0v) is 15.5. The van der Waals surface area contributed by atoms with E-state index in [0.29, 0.717) is 12.4 Å². The van der Waals surface area contributed by atoms with Crippen LogP contribution < -0.4 is 5.32 Å². The second-order valence-electron chi connectivity index (χ2n) is 6.91. The first kappa shape index (κ1) is 17.5. The summed E-state index contributed by atoms with van der Waals surface area (Å²) >= 11 is 0. The van der Waals surface area contributed by atoms with Gasteiger partial charge < -0.3 is 10.2 Å². The standard InChI is InChI=1S/C18H22N8O/c1-24-5-7-26(8-6-24)12-18(27)19-17-10-14-9-13(3-4-15(14)20-22-17)16-11-25(2)23-21-16/h3-4,9-11H,5-8,12H2,1-2H3,(H,19,22,27). The molecular formula is C18H22N8O. The number of aryl methyl sites for hydroxylation is 1. The molecule has 1 amide bonds. The van der Waals surface area contributed by atoms with Crippen molar-refractivity contribution in [1.29, 1.82) is 0 Å². The Bertz CT molecular complexity index is 961. The molecule has 0 spiro atoms. The number of hydrogen-bond donors (Lipinski definition) is 1.